The van der Waals surface area contributed by atoms with Crippen molar-refractivity contribution in [2.24, 2.45) is 10.7 Å². The minimum Gasteiger partial charge on any atom is -0.495 e. The number of carbonyl (C=O) groups excluding carboxylic acids is 2. The summed E-state index contributed by atoms with van der Waals surface area (Å²) in [6.45, 7) is 1.65. The quantitative estimate of drug-likeness (QED) is 0.769. The number of aliphatic imine (C=N–C) groups is 1. The van der Waals surface area contributed by atoms with Crippen LogP contribution in [0.25, 0.3) is 6.08 Å². The molecule has 0 fully saturated rings. The van der Waals surface area contributed by atoms with Crippen LogP contribution in [0.3, 0.4) is 0 Å². The fourth-order valence-electron chi connectivity index (χ4n) is 2.32. The lowest BCUT2D eigenvalue weighted by Gasteiger charge is -2.20. The van der Waals surface area contributed by atoms with Gasteiger partial charge in [0.25, 0.3) is 5.91 Å². The van der Waals surface area contributed by atoms with Gasteiger partial charge in [0.05, 0.1) is 29.3 Å². The highest BCUT2D eigenvalue weighted by Gasteiger charge is 2.34. The molecule has 27 heavy (non-hydrogen) atoms. The number of anilines is 1. The van der Waals surface area contributed by atoms with Crippen LogP contribution in [0, 0.1) is 0 Å². The molecule has 2 amide bonds. The third-order valence-corrected chi connectivity index (χ3v) is 5.09. The number of amidine groups is 1. The zero-order valence-electron chi connectivity index (χ0n) is 14.5. The zero-order valence-corrected chi connectivity index (χ0v) is 16.1. The minimum absolute atomic E-state index is 0.177. The summed E-state index contributed by atoms with van der Waals surface area (Å²) >= 11 is 7.29. The fraction of sp³-hybridized carbons (Fsp3) is 0.167. The highest BCUT2D eigenvalue weighted by atomic mass is 35.5. The normalized spacial score (nSPS) is 16.6. The molecule has 2 heterocycles. The van der Waals surface area contributed by atoms with Crippen LogP contribution in [0.4, 0.5) is 5.69 Å². The first-order valence-corrected chi connectivity index (χ1v) is 9.14. The van der Waals surface area contributed by atoms with Crippen molar-refractivity contribution >= 4 is 52.1 Å². The second-order valence-electron chi connectivity index (χ2n) is 5.56. The summed E-state index contributed by atoms with van der Waals surface area (Å²) in [7, 11) is 1.50. The maximum atomic E-state index is 13.0. The number of primary amides is 1. The number of carbonyl (C=O) groups is 2. The van der Waals surface area contributed by atoms with Crippen LogP contribution in [0.1, 0.15) is 12.7 Å². The van der Waals surface area contributed by atoms with Crippen molar-refractivity contribution in [1.82, 2.24) is 0 Å². The molecule has 9 heteroatoms. The summed E-state index contributed by atoms with van der Waals surface area (Å²) in [5.74, 6) is 0.0946. The van der Waals surface area contributed by atoms with Gasteiger partial charge >= 0.3 is 0 Å². The SMILES string of the molecule is COc1ccc(N2C(=O)/C(=C\c3ccco3)N=C2S[C@H](C)C(N)=O)cc1Cl. The van der Waals surface area contributed by atoms with Gasteiger partial charge in [-0.05, 0) is 37.3 Å². The number of amides is 2. The lowest BCUT2D eigenvalue weighted by molar-refractivity contribution is -0.117. The Labute approximate surface area is 164 Å². The Morgan fingerprint density at radius 1 is 1.44 bits per heavy atom. The van der Waals surface area contributed by atoms with Crippen molar-refractivity contribution in [3.05, 3.63) is 53.1 Å². The molecule has 0 spiro atoms. The molecule has 2 N–H and O–H groups in total. The Morgan fingerprint density at radius 2 is 2.22 bits per heavy atom. The first kappa shape index (κ1) is 19.1. The Balaban J connectivity index is 2.01. The summed E-state index contributed by atoms with van der Waals surface area (Å²) < 4.78 is 10.4. The summed E-state index contributed by atoms with van der Waals surface area (Å²) in [4.78, 5) is 30.2. The number of rotatable bonds is 5. The van der Waals surface area contributed by atoms with Gasteiger partial charge in [0.2, 0.25) is 5.91 Å². The molecule has 7 nitrogen and oxygen atoms in total. The first-order chi connectivity index (χ1) is 12.9. The highest BCUT2D eigenvalue weighted by molar-refractivity contribution is 8.15. The van der Waals surface area contributed by atoms with E-state index in [1.807, 2.05) is 0 Å². The zero-order chi connectivity index (χ0) is 19.6. The minimum atomic E-state index is -0.573. The lowest BCUT2D eigenvalue weighted by atomic mass is 10.2. The summed E-state index contributed by atoms with van der Waals surface area (Å²) in [5.41, 5.74) is 6.03. The highest BCUT2D eigenvalue weighted by Crippen LogP contribution is 2.35. The van der Waals surface area contributed by atoms with Gasteiger partial charge in [-0.15, -0.1) is 0 Å². The monoisotopic (exact) mass is 405 g/mol. The third kappa shape index (κ3) is 4.01. The number of nitrogens with zero attached hydrogens (tertiary/aromatic N) is 2. The Hall–Kier alpha value is -2.71. The molecule has 1 atom stereocenters. The molecular formula is C18H16ClN3O4S. The van der Waals surface area contributed by atoms with E-state index in [-0.39, 0.29) is 11.6 Å². The second-order valence-corrected chi connectivity index (χ2v) is 7.28. The summed E-state index contributed by atoms with van der Waals surface area (Å²) in [6.07, 6.45) is 3.03. The predicted molar refractivity (Wildman–Crippen MR) is 106 cm³/mol. The van der Waals surface area contributed by atoms with Gasteiger partial charge in [0, 0.05) is 6.08 Å². The molecule has 2 aromatic rings. The first-order valence-electron chi connectivity index (χ1n) is 7.88. The number of hydrogen-bond acceptors (Lipinski definition) is 6. The predicted octanol–water partition coefficient (Wildman–Crippen LogP) is 3.29. The van der Waals surface area contributed by atoms with Gasteiger partial charge in [-0.2, -0.15) is 0 Å². The Kier molecular flexibility index (Phi) is 5.57. The molecule has 1 aromatic heterocycles. The van der Waals surface area contributed by atoms with Crippen LogP contribution in [0.15, 0.2) is 51.7 Å². The van der Waals surface area contributed by atoms with Gasteiger partial charge < -0.3 is 14.9 Å². The van der Waals surface area contributed by atoms with Crippen LogP contribution in [-0.4, -0.2) is 29.3 Å². The van der Waals surface area contributed by atoms with E-state index < -0.39 is 11.2 Å². The number of ether oxygens (including phenoxy) is 1. The number of thioether (sulfide) groups is 1. The van der Waals surface area contributed by atoms with Crippen molar-refractivity contribution in [1.29, 1.82) is 0 Å². The average Bonchev–Trinajstić information content (AvgIpc) is 3.24. The fourth-order valence-corrected chi connectivity index (χ4v) is 3.45. The van der Waals surface area contributed by atoms with Crippen LogP contribution in [-0.2, 0) is 9.59 Å². The number of methoxy groups -OCH3 is 1. The lowest BCUT2D eigenvalue weighted by Crippen LogP contribution is -2.33. The van der Waals surface area contributed by atoms with Gasteiger partial charge in [0.1, 0.15) is 17.2 Å². The molecule has 0 aliphatic carbocycles. The van der Waals surface area contributed by atoms with Crippen molar-refractivity contribution in [2.45, 2.75) is 12.2 Å². The molecule has 140 valence electrons. The number of halogens is 1. The number of hydrogen-bond donors (Lipinski definition) is 1. The average molecular weight is 406 g/mol. The Bertz CT molecular complexity index is 940. The molecule has 0 saturated carbocycles. The van der Waals surface area contributed by atoms with E-state index in [2.05, 4.69) is 4.99 Å². The van der Waals surface area contributed by atoms with Crippen LogP contribution in [0.5, 0.6) is 5.75 Å². The molecule has 1 aromatic carbocycles. The second kappa shape index (κ2) is 7.89. The van der Waals surface area contributed by atoms with E-state index in [4.69, 9.17) is 26.5 Å². The molecule has 0 unspecified atom stereocenters. The maximum Gasteiger partial charge on any atom is 0.283 e. The molecule has 1 aliphatic rings. The standard InChI is InChI=1S/C18H16ClN3O4S/c1-10(16(20)23)27-18-21-14(9-12-4-3-7-26-12)17(24)22(18)11-5-6-15(25-2)13(19)8-11/h3-10H,1-2H3,(H2,20,23)/b14-9+/t10-/m1/s1. The van der Waals surface area contributed by atoms with E-state index in [1.165, 1.54) is 24.3 Å². The molecule has 3 rings (SSSR count). The van der Waals surface area contributed by atoms with Crippen molar-refractivity contribution in [3.8, 4) is 5.75 Å². The third-order valence-electron chi connectivity index (χ3n) is 3.73. The number of furan rings is 1. The van der Waals surface area contributed by atoms with E-state index in [0.29, 0.717) is 27.4 Å². The van der Waals surface area contributed by atoms with Crippen molar-refractivity contribution < 1.29 is 18.7 Å². The van der Waals surface area contributed by atoms with Gasteiger partial charge in [-0.3, -0.25) is 14.5 Å². The molecular weight excluding hydrogens is 390 g/mol. The Morgan fingerprint density at radius 3 is 2.81 bits per heavy atom. The van der Waals surface area contributed by atoms with E-state index >= 15 is 0 Å². The molecule has 0 saturated heterocycles. The van der Waals surface area contributed by atoms with Crippen LogP contribution >= 0.6 is 23.4 Å². The summed E-state index contributed by atoms with van der Waals surface area (Å²) in [6, 6.07) is 8.35. The van der Waals surface area contributed by atoms with E-state index in [9.17, 15) is 9.59 Å². The number of nitrogens with two attached hydrogens (primary N) is 1. The van der Waals surface area contributed by atoms with Crippen molar-refractivity contribution in [3.63, 3.8) is 0 Å². The van der Waals surface area contributed by atoms with Crippen molar-refractivity contribution in [2.75, 3.05) is 12.0 Å². The van der Waals surface area contributed by atoms with E-state index in [0.717, 1.165) is 11.8 Å². The number of benzene rings is 1. The largest absolute Gasteiger partial charge is 0.495 e. The summed E-state index contributed by atoms with van der Waals surface area (Å²) in [5, 5.41) is 0.0969. The topological polar surface area (TPSA) is 98.1 Å². The van der Waals surface area contributed by atoms with Gasteiger partial charge in [0.15, 0.2) is 5.17 Å². The maximum absolute atomic E-state index is 13.0. The smallest absolute Gasteiger partial charge is 0.283 e. The van der Waals surface area contributed by atoms with Gasteiger partial charge in [-0.1, -0.05) is 23.4 Å². The van der Waals surface area contributed by atoms with Crippen LogP contribution < -0.4 is 15.4 Å². The molecule has 0 radical (unpaired) electrons. The molecule has 0 bridgehead atoms. The van der Waals surface area contributed by atoms with Gasteiger partial charge in [-0.25, -0.2) is 4.99 Å². The molecule has 1 aliphatic heterocycles. The van der Waals surface area contributed by atoms with E-state index in [1.54, 1.807) is 37.3 Å². The van der Waals surface area contributed by atoms with Crippen LogP contribution in [0.2, 0.25) is 5.02 Å².